The highest BCUT2D eigenvalue weighted by Crippen LogP contribution is 2.37. The summed E-state index contributed by atoms with van der Waals surface area (Å²) in [6.45, 7) is 0.261. The zero-order chi connectivity index (χ0) is 14.2. The number of halogens is 3. The monoisotopic (exact) mass is 335 g/mol. The number of hydrogen-bond donors (Lipinski definition) is 2. The largest absolute Gasteiger partial charge is 0.491 e. The van der Waals surface area contributed by atoms with Gasteiger partial charge in [-0.3, -0.25) is 4.79 Å². The first-order valence-corrected chi connectivity index (χ1v) is 6.42. The van der Waals surface area contributed by atoms with Crippen LogP contribution in [0.25, 0.3) is 0 Å². The van der Waals surface area contributed by atoms with Crippen molar-refractivity contribution in [3.05, 3.63) is 27.7 Å². The van der Waals surface area contributed by atoms with Gasteiger partial charge in [-0.05, 0) is 28.4 Å². The highest BCUT2D eigenvalue weighted by Gasteiger charge is 2.33. The van der Waals surface area contributed by atoms with Crippen molar-refractivity contribution >= 4 is 21.9 Å². The first-order valence-electron chi connectivity index (χ1n) is 5.63. The summed E-state index contributed by atoms with van der Waals surface area (Å²) >= 11 is 3.00. The second-order valence-corrected chi connectivity index (χ2v) is 5.19. The molecule has 1 heterocycles. The molecule has 2 N–H and O–H groups in total. The van der Waals surface area contributed by atoms with Gasteiger partial charge in [0, 0.05) is 18.2 Å². The Morgan fingerprint density at radius 2 is 2.21 bits per heavy atom. The van der Waals surface area contributed by atoms with E-state index >= 15 is 0 Å². The molecule has 2 rings (SSSR count). The lowest BCUT2D eigenvalue weighted by molar-refractivity contribution is -0.141. The topological polar surface area (TPSA) is 58.6 Å². The number of hydrogen-bond acceptors (Lipinski definition) is 3. The van der Waals surface area contributed by atoms with Crippen LogP contribution in [0.5, 0.6) is 5.75 Å². The van der Waals surface area contributed by atoms with Crippen LogP contribution < -0.4 is 10.1 Å². The van der Waals surface area contributed by atoms with Crippen molar-refractivity contribution in [2.75, 3.05) is 13.7 Å². The molecule has 0 spiro atoms. The third-order valence-corrected chi connectivity index (χ3v) is 3.78. The van der Waals surface area contributed by atoms with E-state index in [2.05, 4.69) is 21.2 Å². The highest BCUT2D eigenvalue weighted by molar-refractivity contribution is 9.10. The van der Waals surface area contributed by atoms with E-state index in [4.69, 9.17) is 9.84 Å². The summed E-state index contributed by atoms with van der Waals surface area (Å²) in [4.78, 5) is 10.9. The molecule has 1 aliphatic rings. The standard InChI is InChI=1S/C12H12BrF2NO3/c1-19-11-9(14)6(3-7(13)10(11)15)8-2-5(4-16-8)12(17)18/h3,5,8,16H,2,4H2,1H3,(H,17,18). The van der Waals surface area contributed by atoms with Crippen LogP contribution in [-0.2, 0) is 4.79 Å². The maximum atomic E-state index is 14.1. The van der Waals surface area contributed by atoms with E-state index in [1.54, 1.807) is 0 Å². The summed E-state index contributed by atoms with van der Waals surface area (Å²) in [6.07, 6.45) is 0.257. The van der Waals surface area contributed by atoms with Gasteiger partial charge in [-0.2, -0.15) is 0 Å². The molecule has 0 aliphatic carbocycles. The molecule has 1 fully saturated rings. The van der Waals surface area contributed by atoms with Crippen molar-refractivity contribution in [3.63, 3.8) is 0 Å². The molecule has 2 unspecified atom stereocenters. The average molecular weight is 336 g/mol. The smallest absolute Gasteiger partial charge is 0.307 e. The van der Waals surface area contributed by atoms with Crippen LogP contribution in [0, 0.1) is 17.6 Å². The molecule has 1 aromatic carbocycles. The molecule has 2 atom stereocenters. The van der Waals surface area contributed by atoms with Crippen molar-refractivity contribution in [3.8, 4) is 5.75 Å². The number of carboxylic acid groups (broad SMARTS) is 1. The minimum absolute atomic E-state index is 0.0846. The Labute approximate surface area is 116 Å². The van der Waals surface area contributed by atoms with Gasteiger partial charge >= 0.3 is 5.97 Å². The van der Waals surface area contributed by atoms with Crippen molar-refractivity contribution in [1.29, 1.82) is 0 Å². The van der Waals surface area contributed by atoms with Gasteiger partial charge in [0.1, 0.15) is 0 Å². The predicted octanol–water partition coefficient (Wildman–Crippen LogP) is 2.47. The molecule has 1 aromatic rings. The first kappa shape index (κ1) is 14.2. The van der Waals surface area contributed by atoms with E-state index in [0.29, 0.717) is 0 Å². The maximum Gasteiger partial charge on any atom is 0.307 e. The van der Waals surface area contributed by atoms with Crippen LogP contribution in [0.2, 0.25) is 0 Å². The number of nitrogens with one attached hydrogen (secondary N) is 1. The van der Waals surface area contributed by atoms with Crippen molar-refractivity contribution in [1.82, 2.24) is 5.32 Å². The number of carboxylic acids is 1. The fraction of sp³-hybridized carbons (Fsp3) is 0.417. The Bertz CT molecular complexity index is 524. The summed E-state index contributed by atoms with van der Waals surface area (Å²) in [5.41, 5.74) is 0.203. The Hall–Kier alpha value is -1.21. The lowest BCUT2D eigenvalue weighted by Gasteiger charge is -2.15. The quantitative estimate of drug-likeness (QED) is 0.833. The van der Waals surface area contributed by atoms with E-state index < -0.39 is 35.3 Å². The molecular weight excluding hydrogens is 324 g/mol. The van der Waals surface area contributed by atoms with Gasteiger partial charge in [-0.15, -0.1) is 0 Å². The maximum absolute atomic E-state index is 14.1. The SMILES string of the molecule is COc1c(F)c(Br)cc(C2CC(C(=O)O)CN2)c1F. The van der Waals surface area contributed by atoms with Crippen LogP contribution in [0.1, 0.15) is 18.0 Å². The van der Waals surface area contributed by atoms with Gasteiger partial charge in [0.25, 0.3) is 0 Å². The van der Waals surface area contributed by atoms with Crippen LogP contribution in [0.15, 0.2) is 10.5 Å². The molecular formula is C12H12BrF2NO3. The summed E-state index contributed by atoms with van der Waals surface area (Å²) < 4.78 is 32.5. The first-order chi connectivity index (χ1) is 8.95. The molecule has 4 nitrogen and oxygen atoms in total. The fourth-order valence-corrected chi connectivity index (χ4v) is 2.62. The van der Waals surface area contributed by atoms with Gasteiger partial charge in [0.2, 0.25) is 0 Å². The number of aliphatic carboxylic acids is 1. The van der Waals surface area contributed by atoms with Gasteiger partial charge in [-0.1, -0.05) is 0 Å². The Morgan fingerprint density at radius 3 is 2.74 bits per heavy atom. The molecule has 0 amide bonds. The lowest BCUT2D eigenvalue weighted by atomic mass is 9.99. The van der Waals surface area contributed by atoms with E-state index in [0.717, 1.165) is 0 Å². The zero-order valence-corrected chi connectivity index (χ0v) is 11.6. The summed E-state index contributed by atoms with van der Waals surface area (Å²) in [6, 6.07) is 0.849. The summed E-state index contributed by atoms with van der Waals surface area (Å²) in [5, 5.41) is 11.8. The normalized spacial score (nSPS) is 22.5. The predicted molar refractivity (Wildman–Crippen MR) is 67.1 cm³/mol. The molecule has 1 aliphatic heterocycles. The second kappa shape index (κ2) is 5.42. The minimum atomic E-state index is -0.927. The molecule has 0 bridgehead atoms. The van der Waals surface area contributed by atoms with Gasteiger partial charge in [0.05, 0.1) is 17.5 Å². The summed E-state index contributed by atoms with van der Waals surface area (Å²) in [7, 11) is 1.18. The molecule has 0 aromatic heterocycles. The van der Waals surface area contributed by atoms with Crippen molar-refractivity contribution in [2.24, 2.45) is 5.92 Å². The molecule has 1 saturated heterocycles. The number of carbonyl (C=O) groups is 1. The number of ether oxygens (including phenoxy) is 1. The van der Waals surface area contributed by atoms with Crippen molar-refractivity contribution in [2.45, 2.75) is 12.5 Å². The molecule has 0 saturated carbocycles. The average Bonchev–Trinajstić information content (AvgIpc) is 2.84. The zero-order valence-electron chi connectivity index (χ0n) is 10.0. The van der Waals surface area contributed by atoms with E-state index in [-0.39, 0.29) is 23.0 Å². The van der Waals surface area contributed by atoms with Crippen LogP contribution in [0.3, 0.4) is 0 Å². The Kier molecular flexibility index (Phi) is 4.05. The number of benzene rings is 1. The molecule has 0 radical (unpaired) electrons. The van der Waals surface area contributed by atoms with Crippen LogP contribution >= 0.6 is 15.9 Å². The molecule has 19 heavy (non-hydrogen) atoms. The van der Waals surface area contributed by atoms with Gasteiger partial charge in [-0.25, -0.2) is 8.78 Å². The second-order valence-electron chi connectivity index (χ2n) is 4.34. The fourth-order valence-electron chi connectivity index (χ4n) is 2.19. The third-order valence-electron chi connectivity index (χ3n) is 3.20. The Balaban J connectivity index is 2.36. The van der Waals surface area contributed by atoms with Crippen molar-refractivity contribution < 1.29 is 23.4 Å². The molecule has 7 heteroatoms. The van der Waals surface area contributed by atoms with E-state index in [9.17, 15) is 13.6 Å². The van der Waals surface area contributed by atoms with E-state index in [1.807, 2.05) is 0 Å². The lowest BCUT2D eigenvalue weighted by Crippen LogP contribution is -2.18. The van der Waals surface area contributed by atoms with Crippen LogP contribution in [-0.4, -0.2) is 24.7 Å². The van der Waals surface area contributed by atoms with Gasteiger partial charge < -0.3 is 15.2 Å². The minimum Gasteiger partial charge on any atom is -0.491 e. The Morgan fingerprint density at radius 1 is 1.53 bits per heavy atom. The van der Waals surface area contributed by atoms with Crippen LogP contribution in [0.4, 0.5) is 8.78 Å². The number of methoxy groups -OCH3 is 1. The van der Waals surface area contributed by atoms with Gasteiger partial charge in [0.15, 0.2) is 17.4 Å². The highest BCUT2D eigenvalue weighted by atomic mass is 79.9. The molecule has 104 valence electrons. The summed E-state index contributed by atoms with van der Waals surface area (Å²) in [5.74, 6) is -3.57. The number of rotatable bonds is 3. The van der Waals surface area contributed by atoms with E-state index in [1.165, 1.54) is 13.2 Å². The third kappa shape index (κ3) is 2.57.